The molecule has 2 amide bonds. The molecule has 1 aliphatic rings. The Bertz CT molecular complexity index is 680. The van der Waals surface area contributed by atoms with E-state index in [0.29, 0.717) is 6.54 Å². The van der Waals surface area contributed by atoms with Gasteiger partial charge in [0.05, 0.1) is 17.4 Å². The van der Waals surface area contributed by atoms with Crippen LogP contribution >= 0.6 is 0 Å². The van der Waals surface area contributed by atoms with Crippen molar-refractivity contribution in [1.82, 2.24) is 14.7 Å². The Morgan fingerprint density at radius 1 is 1.36 bits per heavy atom. The molecule has 3 rings (SSSR count). The summed E-state index contributed by atoms with van der Waals surface area (Å²) in [5.41, 5.74) is 2.47. The van der Waals surface area contributed by atoms with E-state index in [1.807, 2.05) is 14.0 Å². The van der Waals surface area contributed by atoms with Gasteiger partial charge < -0.3 is 10.2 Å². The van der Waals surface area contributed by atoms with Gasteiger partial charge in [0, 0.05) is 19.8 Å². The number of carbonyl (C=O) groups excluding carboxylic acids is 1. The molecule has 1 fully saturated rings. The number of aryl methyl sites for hydroxylation is 2. The standard InChI is InChI=1S/C16H19FN4O/c1-11-14(10-20(2)19-11)18-16(22)21-9-3-4-15(21)12-5-7-13(17)8-6-12/h5-8,10,15H,3-4,9H2,1-2H3,(H,18,22)/t15-/m0/s1. The van der Waals surface area contributed by atoms with Crippen molar-refractivity contribution in [1.29, 1.82) is 0 Å². The van der Waals surface area contributed by atoms with E-state index in [0.717, 1.165) is 29.8 Å². The quantitative estimate of drug-likeness (QED) is 0.926. The van der Waals surface area contributed by atoms with E-state index in [9.17, 15) is 9.18 Å². The third kappa shape index (κ3) is 2.81. The summed E-state index contributed by atoms with van der Waals surface area (Å²) in [7, 11) is 1.82. The van der Waals surface area contributed by atoms with Crippen molar-refractivity contribution in [3.63, 3.8) is 0 Å². The molecule has 1 atom stereocenters. The maximum atomic E-state index is 13.1. The van der Waals surface area contributed by atoms with Gasteiger partial charge >= 0.3 is 6.03 Å². The van der Waals surface area contributed by atoms with Crippen LogP contribution in [0.1, 0.15) is 30.1 Å². The van der Waals surface area contributed by atoms with Crippen molar-refractivity contribution in [3.05, 3.63) is 47.5 Å². The second-order valence-electron chi connectivity index (χ2n) is 5.63. The number of anilines is 1. The maximum Gasteiger partial charge on any atom is 0.322 e. The highest BCUT2D eigenvalue weighted by atomic mass is 19.1. The summed E-state index contributed by atoms with van der Waals surface area (Å²) in [6.45, 7) is 2.56. The normalized spacial score (nSPS) is 17.8. The molecule has 1 aromatic heterocycles. The summed E-state index contributed by atoms with van der Waals surface area (Å²) in [5, 5.41) is 7.13. The molecular formula is C16H19FN4O. The summed E-state index contributed by atoms with van der Waals surface area (Å²) < 4.78 is 14.7. The van der Waals surface area contributed by atoms with Gasteiger partial charge in [-0.2, -0.15) is 5.10 Å². The van der Waals surface area contributed by atoms with Crippen molar-refractivity contribution in [3.8, 4) is 0 Å². The topological polar surface area (TPSA) is 50.2 Å². The lowest BCUT2D eigenvalue weighted by Gasteiger charge is -2.25. The molecule has 0 unspecified atom stereocenters. The molecule has 2 heterocycles. The van der Waals surface area contributed by atoms with Gasteiger partial charge in [-0.05, 0) is 37.5 Å². The number of rotatable bonds is 2. The fourth-order valence-corrected chi connectivity index (χ4v) is 2.95. The second-order valence-corrected chi connectivity index (χ2v) is 5.63. The van der Waals surface area contributed by atoms with Gasteiger partial charge in [0.1, 0.15) is 5.82 Å². The number of urea groups is 1. The van der Waals surface area contributed by atoms with Gasteiger partial charge in [-0.1, -0.05) is 12.1 Å². The number of hydrogen-bond donors (Lipinski definition) is 1. The van der Waals surface area contributed by atoms with E-state index in [2.05, 4.69) is 10.4 Å². The molecule has 0 aliphatic carbocycles. The summed E-state index contributed by atoms with van der Waals surface area (Å²) in [6.07, 6.45) is 3.63. The molecule has 6 heteroatoms. The number of nitrogens with zero attached hydrogens (tertiary/aromatic N) is 3. The number of nitrogens with one attached hydrogen (secondary N) is 1. The highest BCUT2D eigenvalue weighted by Gasteiger charge is 2.30. The fourth-order valence-electron chi connectivity index (χ4n) is 2.95. The smallest absolute Gasteiger partial charge is 0.317 e. The molecule has 116 valence electrons. The molecular weight excluding hydrogens is 283 g/mol. The molecule has 1 N–H and O–H groups in total. The Hall–Kier alpha value is -2.37. The first-order valence-corrected chi connectivity index (χ1v) is 7.38. The minimum Gasteiger partial charge on any atom is -0.317 e. The average Bonchev–Trinajstić information content (AvgIpc) is 3.07. The predicted octanol–water partition coefficient (Wildman–Crippen LogP) is 3.24. The molecule has 0 radical (unpaired) electrons. The summed E-state index contributed by atoms with van der Waals surface area (Å²) in [5.74, 6) is -0.260. The second kappa shape index (κ2) is 5.79. The van der Waals surface area contributed by atoms with Crippen LogP contribution in [-0.4, -0.2) is 27.3 Å². The molecule has 1 aromatic carbocycles. The van der Waals surface area contributed by atoms with E-state index < -0.39 is 0 Å². The number of benzene rings is 1. The zero-order chi connectivity index (χ0) is 15.7. The SMILES string of the molecule is Cc1nn(C)cc1NC(=O)N1CCC[C@H]1c1ccc(F)cc1. The van der Waals surface area contributed by atoms with Crippen LogP contribution in [0.2, 0.25) is 0 Å². The molecule has 2 aromatic rings. The van der Waals surface area contributed by atoms with Crippen molar-refractivity contribution in [2.24, 2.45) is 7.05 Å². The molecule has 5 nitrogen and oxygen atoms in total. The largest absolute Gasteiger partial charge is 0.322 e. The lowest BCUT2D eigenvalue weighted by molar-refractivity contribution is 0.207. The van der Waals surface area contributed by atoms with E-state index in [1.54, 1.807) is 27.9 Å². The molecule has 1 saturated heterocycles. The third-order valence-corrected chi connectivity index (χ3v) is 4.02. The van der Waals surface area contributed by atoms with E-state index in [4.69, 9.17) is 0 Å². The van der Waals surface area contributed by atoms with Crippen LogP contribution in [0.4, 0.5) is 14.9 Å². The minimum atomic E-state index is -0.260. The van der Waals surface area contributed by atoms with Crippen LogP contribution in [0, 0.1) is 12.7 Å². The molecule has 0 saturated carbocycles. The fraction of sp³-hybridized carbons (Fsp3) is 0.375. The maximum absolute atomic E-state index is 13.1. The van der Waals surface area contributed by atoms with Gasteiger partial charge in [-0.15, -0.1) is 0 Å². The molecule has 1 aliphatic heterocycles. The molecule has 0 spiro atoms. The zero-order valence-corrected chi connectivity index (χ0v) is 12.7. The zero-order valence-electron chi connectivity index (χ0n) is 12.7. The van der Waals surface area contributed by atoms with E-state index >= 15 is 0 Å². The third-order valence-electron chi connectivity index (χ3n) is 4.02. The van der Waals surface area contributed by atoms with Crippen LogP contribution < -0.4 is 5.32 Å². The van der Waals surface area contributed by atoms with Crippen LogP contribution in [0.3, 0.4) is 0 Å². The van der Waals surface area contributed by atoms with Gasteiger partial charge in [-0.25, -0.2) is 9.18 Å². The lowest BCUT2D eigenvalue weighted by Crippen LogP contribution is -2.34. The lowest BCUT2D eigenvalue weighted by atomic mass is 10.0. The van der Waals surface area contributed by atoms with Crippen LogP contribution in [0.15, 0.2) is 30.5 Å². The summed E-state index contributed by atoms with van der Waals surface area (Å²) in [6, 6.07) is 6.24. The first kappa shape index (κ1) is 14.6. The number of amides is 2. The Morgan fingerprint density at radius 2 is 2.09 bits per heavy atom. The number of halogens is 1. The highest BCUT2D eigenvalue weighted by Crippen LogP contribution is 2.32. The van der Waals surface area contributed by atoms with Gasteiger partial charge in [0.25, 0.3) is 0 Å². The van der Waals surface area contributed by atoms with Crippen molar-refractivity contribution < 1.29 is 9.18 Å². The number of aromatic nitrogens is 2. The first-order valence-electron chi connectivity index (χ1n) is 7.38. The number of carbonyl (C=O) groups is 1. The van der Waals surface area contributed by atoms with Gasteiger partial charge in [-0.3, -0.25) is 4.68 Å². The van der Waals surface area contributed by atoms with Crippen LogP contribution in [0.25, 0.3) is 0 Å². The average molecular weight is 302 g/mol. The molecule has 0 bridgehead atoms. The Morgan fingerprint density at radius 3 is 2.73 bits per heavy atom. The summed E-state index contributed by atoms with van der Waals surface area (Å²) in [4.78, 5) is 14.3. The Labute approximate surface area is 128 Å². The minimum absolute atomic E-state index is 0.00224. The van der Waals surface area contributed by atoms with Gasteiger partial charge in [0.15, 0.2) is 0 Å². The van der Waals surface area contributed by atoms with Crippen molar-refractivity contribution >= 4 is 11.7 Å². The summed E-state index contributed by atoms with van der Waals surface area (Å²) >= 11 is 0. The predicted molar refractivity (Wildman–Crippen MR) is 82.0 cm³/mol. The van der Waals surface area contributed by atoms with E-state index in [-0.39, 0.29) is 17.9 Å². The number of hydrogen-bond acceptors (Lipinski definition) is 2. The monoisotopic (exact) mass is 302 g/mol. The first-order chi connectivity index (χ1) is 10.5. The van der Waals surface area contributed by atoms with Crippen molar-refractivity contribution in [2.75, 3.05) is 11.9 Å². The Balaban J connectivity index is 1.76. The van der Waals surface area contributed by atoms with Crippen LogP contribution in [-0.2, 0) is 7.05 Å². The number of likely N-dealkylation sites (tertiary alicyclic amines) is 1. The van der Waals surface area contributed by atoms with Crippen LogP contribution in [0.5, 0.6) is 0 Å². The van der Waals surface area contributed by atoms with Crippen molar-refractivity contribution in [2.45, 2.75) is 25.8 Å². The Kier molecular flexibility index (Phi) is 3.83. The highest BCUT2D eigenvalue weighted by molar-refractivity contribution is 5.90. The van der Waals surface area contributed by atoms with Gasteiger partial charge in [0.2, 0.25) is 0 Å². The molecule has 22 heavy (non-hydrogen) atoms. The van der Waals surface area contributed by atoms with E-state index in [1.165, 1.54) is 12.1 Å².